The minimum absolute atomic E-state index is 0.655. The fourth-order valence-corrected chi connectivity index (χ4v) is 7.58. The quantitative estimate of drug-likeness (QED) is 0.478. The topological polar surface area (TPSA) is 71.1 Å². The van der Waals surface area contributed by atoms with Crippen LogP contribution in [-0.4, -0.2) is 22.7 Å². The monoisotopic (exact) mass is 386 g/mol. The van der Waals surface area contributed by atoms with Gasteiger partial charge in [0.1, 0.15) is 0 Å². The highest BCUT2D eigenvalue weighted by Gasteiger charge is 2.60. The maximum atomic E-state index is 12.3. The second kappa shape index (κ2) is 7.49. The second-order valence-corrected chi connectivity index (χ2v) is 12.0. The zero-order chi connectivity index (χ0) is 17.2. The number of hydrogen-bond acceptors (Lipinski definition) is 7. The van der Waals surface area contributed by atoms with Crippen molar-refractivity contribution < 1.29 is 26.8 Å². The van der Waals surface area contributed by atoms with Crippen molar-refractivity contribution in [2.45, 2.75) is 77.4 Å². The summed E-state index contributed by atoms with van der Waals surface area (Å²) in [5, 5.41) is 0. The van der Waals surface area contributed by atoms with E-state index in [9.17, 15) is 9.13 Å². The zero-order valence-corrected chi connectivity index (χ0v) is 17.0. The average Bonchev–Trinajstić information content (AvgIpc) is 2.31. The first-order valence-electron chi connectivity index (χ1n) is 8.15. The average molecular weight is 386 g/mol. The van der Waals surface area contributed by atoms with E-state index in [1.807, 2.05) is 39.5 Å². The molecule has 3 aliphatic heterocycles. The second-order valence-electron chi connectivity index (χ2n) is 7.29. The van der Waals surface area contributed by atoms with Gasteiger partial charge in [0, 0.05) is 0 Å². The molecular formula is C14H28O6P2S. The SMILES string of the molecule is CC1(C)CCCCSCCCCC(C)(C)OP2(=O)OP(=O)(O1)O2. The molecule has 3 rings (SSSR count). The van der Waals surface area contributed by atoms with Crippen LogP contribution < -0.4 is 0 Å². The molecule has 0 spiro atoms. The molecule has 3 saturated heterocycles. The van der Waals surface area contributed by atoms with E-state index in [-0.39, 0.29) is 0 Å². The van der Waals surface area contributed by atoms with Gasteiger partial charge in [-0.1, -0.05) is 0 Å². The van der Waals surface area contributed by atoms with Gasteiger partial charge in [0.15, 0.2) is 0 Å². The van der Waals surface area contributed by atoms with Crippen molar-refractivity contribution in [1.29, 1.82) is 0 Å². The standard InChI is InChI=1S/C14H28O6P2S/c1-13(2)9-5-7-11-23-12-8-6-10-14(3,4)18-22(16)19-21(15,17-13)20-22/h5-12H2,1-4H3. The predicted octanol–water partition coefficient (Wildman–Crippen LogP) is 5.93. The fourth-order valence-electron chi connectivity index (χ4n) is 2.63. The molecule has 0 unspecified atom stereocenters. The third-order valence-electron chi connectivity index (χ3n) is 3.75. The molecule has 0 amide bonds. The first kappa shape index (κ1) is 20.0. The van der Waals surface area contributed by atoms with Crippen LogP contribution in [0.1, 0.15) is 66.2 Å². The lowest BCUT2D eigenvalue weighted by atomic mass is 10.0. The molecule has 3 aliphatic rings. The van der Waals surface area contributed by atoms with Crippen molar-refractivity contribution in [2.75, 3.05) is 11.5 Å². The van der Waals surface area contributed by atoms with Gasteiger partial charge in [-0.05, 0) is 77.7 Å². The van der Waals surface area contributed by atoms with E-state index in [1.165, 1.54) is 0 Å². The Hall–Kier alpha value is 0.650. The molecule has 136 valence electrons. The number of phosphoric acid groups is 2. The highest BCUT2D eigenvalue weighted by atomic mass is 32.2. The van der Waals surface area contributed by atoms with Gasteiger partial charge in [0.05, 0.1) is 11.2 Å². The summed E-state index contributed by atoms with van der Waals surface area (Å²) in [6.07, 6.45) is 5.61. The Morgan fingerprint density at radius 3 is 1.52 bits per heavy atom. The van der Waals surface area contributed by atoms with Crippen LogP contribution in [0.15, 0.2) is 0 Å². The van der Waals surface area contributed by atoms with Crippen LogP contribution in [0.4, 0.5) is 0 Å². The van der Waals surface area contributed by atoms with E-state index in [0.29, 0.717) is 0 Å². The molecule has 0 aromatic carbocycles. The van der Waals surface area contributed by atoms with E-state index in [2.05, 4.69) is 0 Å². The van der Waals surface area contributed by atoms with Gasteiger partial charge in [0.25, 0.3) is 0 Å². The van der Waals surface area contributed by atoms with Crippen molar-refractivity contribution in [3.8, 4) is 0 Å². The van der Waals surface area contributed by atoms with E-state index >= 15 is 0 Å². The summed E-state index contributed by atoms with van der Waals surface area (Å²) in [4.78, 5) is 0. The van der Waals surface area contributed by atoms with Crippen molar-refractivity contribution in [3.05, 3.63) is 0 Å². The highest BCUT2D eigenvalue weighted by Crippen LogP contribution is 2.84. The molecule has 0 saturated carbocycles. The summed E-state index contributed by atoms with van der Waals surface area (Å²) in [6.45, 7) is 7.35. The lowest BCUT2D eigenvalue weighted by molar-refractivity contribution is -0.000866. The van der Waals surface area contributed by atoms with Crippen LogP contribution >= 0.6 is 27.4 Å². The first-order chi connectivity index (χ1) is 10.5. The van der Waals surface area contributed by atoms with Gasteiger partial charge in [0.2, 0.25) is 0 Å². The molecule has 3 heterocycles. The zero-order valence-electron chi connectivity index (χ0n) is 14.4. The minimum atomic E-state index is -3.78. The number of hydrogen-bond donors (Lipinski definition) is 0. The largest absolute Gasteiger partial charge is 0.493 e. The molecule has 0 N–H and O–H groups in total. The number of fused-ring (bicyclic) bond motifs is 12. The van der Waals surface area contributed by atoms with Gasteiger partial charge >= 0.3 is 15.6 Å². The van der Waals surface area contributed by atoms with Crippen LogP contribution in [0.2, 0.25) is 0 Å². The summed E-state index contributed by atoms with van der Waals surface area (Å²) < 4.78 is 45.7. The summed E-state index contributed by atoms with van der Waals surface area (Å²) in [7, 11) is -7.55. The van der Waals surface area contributed by atoms with E-state index < -0.39 is 26.8 Å². The van der Waals surface area contributed by atoms with Crippen LogP contribution in [0.3, 0.4) is 0 Å². The predicted molar refractivity (Wildman–Crippen MR) is 92.7 cm³/mol. The van der Waals surface area contributed by atoms with E-state index in [4.69, 9.17) is 17.7 Å². The molecule has 0 aromatic rings. The minimum Gasteiger partial charge on any atom is -0.280 e. The van der Waals surface area contributed by atoms with Gasteiger partial charge in [-0.3, -0.25) is 9.05 Å². The Kier molecular flexibility index (Phi) is 6.50. The third kappa shape index (κ3) is 6.47. The lowest BCUT2D eigenvalue weighted by Crippen LogP contribution is -2.29. The summed E-state index contributed by atoms with van der Waals surface area (Å²) >= 11 is 1.96. The molecule has 2 bridgehead atoms. The smallest absolute Gasteiger partial charge is 0.280 e. The maximum absolute atomic E-state index is 12.3. The summed E-state index contributed by atoms with van der Waals surface area (Å²) in [6, 6.07) is 0. The Bertz CT molecular complexity index is 451. The molecule has 23 heavy (non-hydrogen) atoms. The number of rotatable bonds is 0. The first-order valence-corrected chi connectivity index (χ1v) is 12.2. The van der Waals surface area contributed by atoms with Crippen molar-refractivity contribution in [2.24, 2.45) is 0 Å². The molecular weight excluding hydrogens is 358 g/mol. The fraction of sp³-hybridized carbons (Fsp3) is 1.00. The maximum Gasteiger partial charge on any atom is 0.493 e. The Balaban J connectivity index is 2.02. The van der Waals surface area contributed by atoms with E-state index in [1.54, 1.807) is 0 Å². The highest BCUT2D eigenvalue weighted by molar-refractivity contribution is 7.99. The van der Waals surface area contributed by atoms with Gasteiger partial charge in [-0.2, -0.15) is 20.4 Å². The summed E-state index contributed by atoms with van der Waals surface area (Å²) in [5.74, 6) is 2.24. The van der Waals surface area contributed by atoms with Crippen LogP contribution in [-0.2, 0) is 26.8 Å². The van der Waals surface area contributed by atoms with Gasteiger partial charge < -0.3 is 0 Å². The Morgan fingerprint density at radius 1 is 0.739 bits per heavy atom. The Morgan fingerprint density at radius 2 is 1.13 bits per heavy atom. The normalized spacial score (nSPS) is 39.3. The molecule has 9 heteroatoms. The van der Waals surface area contributed by atoms with Crippen molar-refractivity contribution >= 4 is 27.4 Å². The number of thioether (sulfide) groups is 1. The van der Waals surface area contributed by atoms with Gasteiger partial charge in [-0.25, -0.2) is 9.13 Å². The molecule has 0 atom stereocenters. The molecule has 6 nitrogen and oxygen atoms in total. The lowest BCUT2D eigenvalue weighted by Gasteiger charge is -2.39. The van der Waals surface area contributed by atoms with Gasteiger partial charge in [-0.15, -0.1) is 0 Å². The summed E-state index contributed by atoms with van der Waals surface area (Å²) in [5.41, 5.74) is -1.31. The van der Waals surface area contributed by atoms with Crippen molar-refractivity contribution in [3.63, 3.8) is 0 Å². The van der Waals surface area contributed by atoms with Crippen LogP contribution in [0, 0.1) is 0 Å². The molecule has 3 fully saturated rings. The molecule has 0 aromatic heterocycles. The van der Waals surface area contributed by atoms with E-state index in [0.717, 1.165) is 50.0 Å². The van der Waals surface area contributed by atoms with Crippen molar-refractivity contribution in [1.82, 2.24) is 0 Å². The Labute approximate surface area is 143 Å². The molecule has 0 radical (unpaired) electrons. The van der Waals surface area contributed by atoms with Crippen LogP contribution in [0.5, 0.6) is 0 Å². The third-order valence-corrected chi connectivity index (χ3v) is 9.54. The van der Waals surface area contributed by atoms with Crippen LogP contribution in [0.25, 0.3) is 0 Å². The molecule has 0 aliphatic carbocycles.